The third kappa shape index (κ3) is 2.93. The largest absolute Gasteiger partial charge is 0.388 e. The van der Waals surface area contributed by atoms with Crippen molar-refractivity contribution in [3.05, 3.63) is 57.5 Å². The molecule has 0 saturated heterocycles. The van der Waals surface area contributed by atoms with E-state index in [4.69, 9.17) is 0 Å². The number of halogens is 1. The summed E-state index contributed by atoms with van der Waals surface area (Å²) in [4.78, 5) is 1.22. The van der Waals surface area contributed by atoms with E-state index >= 15 is 0 Å². The molecule has 17 heavy (non-hydrogen) atoms. The minimum Gasteiger partial charge on any atom is -0.388 e. The van der Waals surface area contributed by atoms with Crippen LogP contribution in [0, 0.1) is 12.7 Å². The number of aliphatic hydroxyl groups excluding tert-OH is 1. The second kappa shape index (κ2) is 5.43. The fraction of sp³-hybridized carbons (Fsp3) is 0.286. The molecule has 90 valence electrons. The molecule has 0 spiro atoms. The third-order valence-corrected chi connectivity index (χ3v) is 3.76. The molecule has 0 saturated carbocycles. The molecule has 0 bridgehead atoms. The van der Waals surface area contributed by atoms with Crippen LogP contribution in [0.1, 0.15) is 28.5 Å². The molecule has 2 rings (SSSR count). The quantitative estimate of drug-likeness (QED) is 0.873. The zero-order valence-corrected chi connectivity index (χ0v) is 10.5. The van der Waals surface area contributed by atoms with Gasteiger partial charge in [-0.3, -0.25) is 0 Å². The van der Waals surface area contributed by atoms with Crippen molar-refractivity contribution in [1.29, 1.82) is 0 Å². The van der Waals surface area contributed by atoms with E-state index in [1.807, 2.05) is 17.5 Å². The number of rotatable bonds is 4. The van der Waals surface area contributed by atoms with E-state index in [1.165, 1.54) is 4.88 Å². The van der Waals surface area contributed by atoms with Gasteiger partial charge >= 0.3 is 0 Å². The normalized spacial score (nSPS) is 12.6. The van der Waals surface area contributed by atoms with Gasteiger partial charge in [0.25, 0.3) is 0 Å². The van der Waals surface area contributed by atoms with Crippen LogP contribution >= 0.6 is 11.3 Å². The van der Waals surface area contributed by atoms with Gasteiger partial charge in [0.15, 0.2) is 0 Å². The lowest BCUT2D eigenvalue weighted by Gasteiger charge is -2.12. The molecule has 0 amide bonds. The highest BCUT2D eigenvalue weighted by atomic mass is 32.1. The van der Waals surface area contributed by atoms with E-state index in [0.29, 0.717) is 17.5 Å². The number of benzene rings is 1. The summed E-state index contributed by atoms with van der Waals surface area (Å²) in [6, 6.07) is 9.16. The predicted octanol–water partition coefficient (Wildman–Crippen LogP) is 3.86. The average molecular weight is 250 g/mol. The Kier molecular flexibility index (Phi) is 3.92. The second-order valence-electron chi connectivity index (χ2n) is 4.11. The topological polar surface area (TPSA) is 20.2 Å². The fourth-order valence-electron chi connectivity index (χ4n) is 1.82. The molecular formula is C14H15FOS. The van der Waals surface area contributed by atoms with Gasteiger partial charge in [-0.05, 0) is 36.8 Å². The molecule has 3 heteroatoms. The summed E-state index contributed by atoms with van der Waals surface area (Å²) in [5.74, 6) is -0.286. The van der Waals surface area contributed by atoms with Crippen LogP contribution in [0.3, 0.4) is 0 Å². The van der Waals surface area contributed by atoms with Crippen molar-refractivity contribution < 1.29 is 9.50 Å². The van der Waals surface area contributed by atoms with Gasteiger partial charge in [0, 0.05) is 10.4 Å². The summed E-state index contributed by atoms with van der Waals surface area (Å²) in [7, 11) is 0. The first-order chi connectivity index (χ1) is 8.18. The van der Waals surface area contributed by atoms with Gasteiger partial charge in [-0.2, -0.15) is 0 Å². The lowest BCUT2D eigenvalue weighted by Crippen LogP contribution is -2.03. The van der Waals surface area contributed by atoms with Crippen LogP contribution < -0.4 is 0 Å². The maximum Gasteiger partial charge on any atom is 0.131 e. The van der Waals surface area contributed by atoms with E-state index in [0.717, 1.165) is 6.42 Å². The molecule has 0 aliphatic carbocycles. The highest BCUT2D eigenvalue weighted by Crippen LogP contribution is 2.24. The summed E-state index contributed by atoms with van der Waals surface area (Å²) in [5, 5.41) is 12.0. The first kappa shape index (κ1) is 12.3. The van der Waals surface area contributed by atoms with Crippen molar-refractivity contribution >= 4 is 11.3 Å². The summed E-state index contributed by atoms with van der Waals surface area (Å²) in [6.45, 7) is 1.71. The predicted molar refractivity (Wildman–Crippen MR) is 68.7 cm³/mol. The molecule has 0 radical (unpaired) electrons. The van der Waals surface area contributed by atoms with Gasteiger partial charge in [-0.1, -0.05) is 24.3 Å². The zero-order chi connectivity index (χ0) is 12.3. The number of hydrogen-bond donors (Lipinski definition) is 1. The minimum atomic E-state index is -0.725. The first-order valence-corrected chi connectivity index (χ1v) is 6.52. The number of aliphatic hydroxyl groups is 1. The van der Waals surface area contributed by atoms with Gasteiger partial charge in [0.05, 0.1) is 6.10 Å². The van der Waals surface area contributed by atoms with E-state index in [9.17, 15) is 9.50 Å². The molecule has 0 fully saturated rings. The molecule has 1 N–H and O–H groups in total. The van der Waals surface area contributed by atoms with Crippen LogP contribution in [0.15, 0.2) is 35.7 Å². The van der Waals surface area contributed by atoms with Crippen LogP contribution in [0.5, 0.6) is 0 Å². The van der Waals surface area contributed by atoms with Crippen LogP contribution in [0.25, 0.3) is 0 Å². The lowest BCUT2D eigenvalue weighted by atomic mass is 10.0. The van der Waals surface area contributed by atoms with Crippen molar-refractivity contribution in [1.82, 2.24) is 0 Å². The van der Waals surface area contributed by atoms with Crippen molar-refractivity contribution in [2.45, 2.75) is 25.9 Å². The zero-order valence-electron chi connectivity index (χ0n) is 9.69. The fourth-order valence-corrected chi connectivity index (χ4v) is 2.54. The van der Waals surface area contributed by atoms with Crippen LogP contribution in [-0.2, 0) is 6.42 Å². The molecule has 1 heterocycles. The second-order valence-corrected chi connectivity index (χ2v) is 5.14. The highest BCUT2D eigenvalue weighted by molar-refractivity contribution is 7.09. The number of hydrogen-bond acceptors (Lipinski definition) is 2. The maximum absolute atomic E-state index is 13.8. The van der Waals surface area contributed by atoms with Crippen molar-refractivity contribution in [3.63, 3.8) is 0 Å². The summed E-state index contributed by atoms with van der Waals surface area (Å²) < 4.78 is 13.8. The molecule has 1 nitrogen and oxygen atoms in total. The molecule has 1 aromatic heterocycles. The Morgan fingerprint density at radius 2 is 2.12 bits per heavy atom. The van der Waals surface area contributed by atoms with Crippen LogP contribution in [-0.4, -0.2) is 5.11 Å². The molecule has 1 unspecified atom stereocenters. The Labute approximate surface area is 105 Å². The smallest absolute Gasteiger partial charge is 0.131 e. The van der Waals surface area contributed by atoms with Crippen LogP contribution in [0.4, 0.5) is 4.39 Å². The minimum absolute atomic E-state index is 0.286. The molecule has 2 aromatic rings. The maximum atomic E-state index is 13.8. The Bertz CT molecular complexity index is 479. The third-order valence-electron chi connectivity index (χ3n) is 2.82. The average Bonchev–Trinajstić information content (AvgIpc) is 2.82. The molecule has 0 aliphatic heterocycles. The van der Waals surface area contributed by atoms with Gasteiger partial charge in [0.1, 0.15) is 5.82 Å². The van der Waals surface area contributed by atoms with Gasteiger partial charge < -0.3 is 5.11 Å². The number of aryl methyl sites for hydroxylation is 2. The summed E-state index contributed by atoms with van der Waals surface area (Å²) in [5.41, 5.74) is 0.985. The van der Waals surface area contributed by atoms with Crippen molar-refractivity contribution in [3.8, 4) is 0 Å². The Morgan fingerprint density at radius 1 is 1.29 bits per heavy atom. The lowest BCUT2D eigenvalue weighted by molar-refractivity contribution is 0.163. The van der Waals surface area contributed by atoms with E-state index in [1.54, 1.807) is 36.5 Å². The highest BCUT2D eigenvalue weighted by Gasteiger charge is 2.14. The van der Waals surface area contributed by atoms with E-state index in [2.05, 4.69) is 0 Å². The Hall–Kier alpha value is -1.19. The first-order valence-electron chi connectivity index (χ1n) is 5.64. The van der Waals surface area contributed by atoms with Crippen LogP contribution in [0.2, 0.25) is 0 Å². The van der Waals surface area contributed by atoms with Crippen molar-refractivity contribution in [2.24, 2.45) is 0 Å². The standard InChI is InChI=1S/C14H15FOS/c1-10-4-2-6-12(14(10)15)13(16)8-7-11-5-3-9-17-11/h2-6,9,13,16H,7-8H2,1H3. The molecular weight excluding hydrogens is 235 g/mol. The van der Waals surface area contributed by atoms with Gasteiger partial charge in [0.2, 0.25) is 0 Å². The number of thiophene rings is 1. The van der Waals surface area contributed by atoms with Gasteiger partial charge in [-0.25, -0.2) is 4.39 Å². The SMILES string of the molecule is Cc1cccc(C(O)CCc2cccs2)c1F. The Morgan fingerprint density at radius 3 is 2.82 bits per heavy atom. The van der Waals surface area contributed by atoms with Gasteiger partial charge in [-0.15, -0.1) is 11.3 Å². The Balaban J connectivity index is 2.04. The van der Waals surface area contributed by atoms with E-state index in [-0.39, 0.29) is 5.82 Å². The van der Waals surface area contributed by atoms with Crippen molar-refractivity contribution in [2.75, 3.05) is 0 Å². The monoisotopic (exact) mass is 250 g/mol. The molecule has 0 aliphatic rings. The molecule has 1 aromatic carbocycles. The van der Waals surface area contributed by atoms with E-state index < -0.39 is 6.10 Å². The summed E-state index contributed by atoms with van der Waals surface area (Å²) >= 11 is 1.66. The summed E-state index contributed by atoms with van der Waals surface area (Å²) in [6.07, 6.45) is 0.615. The molecule has 1 atom stereocenters.